The van der Waals surface area contributed by atoms with Crippen molar-refractivity contribution in [3.8, 4) is 5.75 Å². The van der Waals surface area contributed by atoms with E-state index in [4.69, 9.17) is 4.74 Å². The standard InChI is InChI=1S/C15H29N3O/c1-5-8-13(16-11-6-2)9-10-14-15(19-4)12-17-18(14)7-3/h12-13,16H,5-11H2,1-4H3. The van der Waals surface area contributed by atoms with Gasteiger partial charge in [-0.2, -0.15) is 5.10 Å². The molecular formula is C15H29N3O. The highest BCUT2D eigenvalue weighted by Crippen LogP contribution is 2.20. The van der Waals surface area contributed by atoms with E-state index in [1.165, 1.54) is 25.0 Å². The summed E-state index contributed by atoms with van der Waals surface area (Å²) in [6, 6.07) is 0.606. The van der Waals surface area contributed by atoms with E-state index in [0.717, 1.165) is 31.7 Å². The molecule has 0 radical (unpaired) electrons. The molecule has 0 saturated heterocycles. The zero-order valence-corrected chi connectivity index (χ0v) is 12.9. The van der Waals surface area contributed by atoms with Crippen molar-refractivity contribution in [3.05, 3.63) is 11.9 Å². The Morgan fingerprint density at radius 2 is 2.05 bits per heavy atom. The normalized spacial score (nSPS) is 12.6. The van der Waals surface area contributed by atoms with Crippen molar-refractivity contribution in [2.45, 2.75) is 65.5 Å². The van der Waals surface area contributed by atoms with Gasteiger partial charge in [-0.05, 0) is 39.2 Å². The van der Waals surface area contributed by atoms with Gasteiger partial charge in [0.05, 0.1) is 19.0 Å². The third-order valence-electron chi connectivity index (χ3n) is 3.48. The average molecular weight is 267 g/mol. The SMILES string of the molecule is CCCNC(CCC)CCc1c(OC)cnn1CC. The Bertz CT molecular complexity index is 328. The molecule has 0 bridgehead atoms. The first-order valence-corrected chi connectivity index (χ1v) is 7.58. The number of aromatic nitrogens is 2. The number of hydrogen-bond acceptors (Lipinski definition) is 3. The lowest BCUT2D eigenvalue weighted by atomic mass is 10.0. The van der Waals surface area contributed by atoms with Crippen LogP contribution in [0.1, 0.15) is 52.1 Å². The molecule has 0 amide bonds. The number of aryl methyl sites for hydroxylation is 1. The summed E-state index contributed by atoms with van der Waals surface area (Å²) in [6.07, 6.45) is 7.66. The van der Waals surface area contributed by atoms with Gasteiger partial charge in [0, 0.05) is 12.6 Å². The van der Waals surface area contributed by atoms with Crippen LogP contribution >= 0.6 is 0 Å². The van der Waals surface area contributed by atoms with Gasteiger partial charge in [-0.3, -0.25) is 4.68 Å². The molecule has 0 aliphatic rings. The molecule has 0 fully saturated rings. The first-order chi connectivity index (χ1) is 9.26. The molecule has 1 N–H and O–H groups in total. The Kier molecular flexibility index (Phi) is 7.56. The highest BCUT2D eigenvalue weighted by molar-refractivity contribution is 5.25. The molecule has 1 aromatic rings. The van der Waals surface area contributed by atoms with Crippen molar-refractivity contribution in [1.82, 2.24) is 15.1 Å². The summed E-state index contributed by atoms with van der Waals surface area (Å²) in [5, 5.41) is 8.00. The molecule has 0 aromatic carbocycles. The minimum Gasteiger partial charge on any atom is -0.493 e. The minimum absolute atomic E-state index is 0.606. The lowest BCUT2D eigenvalue weighted by Crippen LogP contribution is -2.30. The Morgan fingerprint density at radius 1 is 1.26 bits per heavy atom. The van der Waals surface area contributed by atoms with Gasteiger partial charge in [0.15, 0.2) is 5.75 Å². The molecule has 0 aliphatic carbocycles. The van der Waals surface area contributed by atoms with Gasteiger partial charge in [-0.1, -0.05) is 20.3 Å². The van der Waals surface area contributed by atoms with Crippen molar-refractivity contribution in [3.63, 3.8) is 0 Å². The molecule has 1 rings (SSSR count). The van der Waals surface area contributed by atoms with Gasteiger partial charge in [0.1, 0.15) is 0 Å². The zero-order valence-electron chi connectivity index (χ0n) is 12.9. The van der Waals surface area contributed by atoms with Crippen LogP contribution in [0.25, 0.3) is 0 Å². The van der Waals surface area contributed by atoms with Crippen molar-refractivity contribution in [1.29, 1.82) is 0 Å². The summed E-state index contributed by atoms with van der Waals surface area (Å²) in [4.78, 5) is 0. The number of nitrogens with one attached hydrogen (secondary N) is 1. The molecule has 0 spiro atoms. The average Bonchev–Trinajstić information content (AvgIpc) is 2.83. The van der Waals surface area contributed by atoms with Crippen molar-refractivity contribution in [2.24, 2.45) is 0 Å². The molecule has 1 heterocycles. The molecule has 1 unspecified atom stereocenters. The van der Waals surface area contributed by atoms with Gasteiger partial charge in [-0.25, -0.2) is 0 Å². The first kappa shape index (κ1) is 16.0. The van der Waals surface area contributed by atoms with E-state index in [2.05, 4.69) is 31.2 Å². The van der Waals surface area contributed by atoms with Crippen molar-refractivity contribution < 1.29 is 4.74 Å². The van der Waals surface area contributed by atoms with Gasteiger partial charge >= 0.3 is 0 Å². The maximum absolute atomic E-state index is 5.40. The first-order valence-electron chi connectivity index (χ1n) is 7.58. The second kappa shape index (κ2) is 8.97. The number of methoxy groups -OCH3 is 1. The lowest BCUT2D eigenvalue weighted by molar-refractivity contribution is 0.399. The number of ether oxygens (including phenoxy) is 1. The summed E-state index contributed by atoms with van der Waals surface area (Å²) < 4.78 is 7.44. The van der Waals surface area contributed by atoms with E-state index in [9.17, 15) is 0 Å². The summed E-state index contributed by atoms with van der Waals surface area (Å²) in [5.74, 6) is 0.924. The number of hydrogen-bond donors (Lipinski definition) is 1. The van der Waals surface area contributed by atoms with Gasteiger partial charge in [0.2, 0.25) is 0 Å². The fourth-order valence-electron chi connectivity index (χ4n) is 2.45. The van der Waals surface area contributed by atoms with Crippen LogP contribution in [0.4, 0.5) is 0 Å². The fraction of sp³-hybridized carbons (Fsp3) is 0.800. The maximum atomic E-state index is 5.40. The lowest BCUT2D eigenvalue weighted by Gasteiger charge is -2.18. The highest BCUT2D eigenvalue weighted by Gasteiger charge is 2.13. The third kappa shape index (κ3) is 4.86. The molecular weight excluding hydrogens is 238 g/mol. The predicted octanol–water partition coefficient (Wildman–Crippen LogP) is 3.01. The molecule has 110 valence electrons. The molecule has 0 aliphatic heterocycles. The van der Waals surface area contributed by atoms with Gasteiger partial charge in [0.25, 0.3) is 0 Å². The van der Waals surface area contributed by atoms with E-state index in [1.807, 2.05) is 10.9 Å². The second-order valence-electron chi connectivity index (χ2n) is 4.95. The monoisotopic (exact) mass is 267 g/mol. The van der Waals surface area contributed by atoms with Crippen molar-refractivity contribution >= 4 is 0 Å². The van der Waals surface area contributed by atoms with Crippen molar-refractivity contribution in [2.75, 3.05) is 13.7 Å². The van der Waals surface area contributed by atoms with Crippen LogP contribution < -0.4 is 10.1 Å². The third-order valence-corrected chi connectivity index (χ3v) is 3.48. The van der Waals surface area contributed by atoms with Gasteiger partial charge in [-0.15, -0.1) is 0 Å². The van der Waals surface area contributed by atoms with E-state index in [0.29, 0.717) is 6.04 Å². The van der Waals surface area contributed by atoms with E-state index < -0.39 is 0 Å². The molecule has 1 atom stereocenters. The minimum atomic E-state index is 0.606. The van der Waals surface area contributed by atoms with Crippen LogP contribution in [0.5, 0.6) is 5.75 Å². The quantitative estimate of drug-likeness (QED) is 0.708. The largest absolute Gasteiger partial charge is 0.493 e. The number of nitrogens with zero attached hydrogens (tertiary/aromatic N) is 2. The zero-order chi connectivity index (χ0) is 14.1. The predicted molar refractivity (Wildman–Crippen MR) is 79.8 cm³/mol. The fourth-order valence-corrected chi connectivity index (χ4v) is 2.45. The number of rotatable bonds is 10. The molecule has 0 saturated carbocycles. The van der Waals surface area contributed by atoms with Crippen LogP contribution in [0.2, 0.25) is 0 Å². The van der Waals surface area contributed by atoms with Crippen LogP contribution in [0, 0.1) is 0 Å². The summed E-state index contributed by atoms with van der Waals surface area (Å²) in [7, 11) is 1.72. The topological polar surface area (TPSA) is 39.1 Å². The summed E-state index contributed by atoms with van der Waals surface area (Å²) >= 11 is 0. The Hall–Kier alpha value is -1.03. The molecule has 4 heteroatoms. The summed E-state index contributed by atoms with van der Waals surface area (Å²) in [5.41, 5.74) is 1.23. The molecule has 19 heavy (non-hydrogen) atoms. The Labute approximate surface area is 117 Å². The maximum Gasteiger partial charge on any atom is 0.159 e. The van der Waals surface area contributed by atoms with Gasteiger partial charge < -0.3 is 10.1 Å². The van der Waals surface area contributed by atoms with Crippen LogP contribution in [0.3, 0.4) is 0 Å². The Morgan fingerprint density at radius 3 is 2.63 bits per heavy atom. The molecule has 4 nitrogen and oxygen atoms in total. The second-order valence-corrected chi connectivity index (χ2v) is 4.95. The van der Waals surface area contributed by atoms with Crippen LogP contribution in [-0.2, 0) is 13.0 Å². The summed E-state index contributed by atoms with van der Waals surface area (Å²) in [6.45, 7) is 8.59. The van der Waals surface area contributed by atoms with Crippen LogP contribution in [-0.4, -0.2) is 29.5 Å². The van der Waals surface area contributed by atoms with E-state index in [-0.39, 0.29) is 0 Å². The molecule has 1 aromatic heterocycles. The van der Waals surface area contributed by atoms with E-state index in [1.54, 1.807) is 7.11 Å². The smallest absolute Gasteiger partial charge is 0.159 e. The highest BCUT2D eigenvalue weighted by atomic mass is 16.5. The van der Waals surface area contributed by atoms with Crippen LogP contribution in [0.15, 0.2) is 6.20 Å². The van der Waals surface area contributed by atoms with E-state index >= 15 is 0 Å². The Balaban J connectivity index is 2.59.